The summed E-state index contributed by atoms with van der Waals surface area (Å²) < 4.78 is 8.88. The van der Waals surface area contributed by atoms with E-state index in [1.807, 2.05) is 0 Å². The first-order chi connectivity index (χ1) is 25.4. The van der Waals surface area contributed by atoms with E-state index < -0.39 is 0 Å². The van der Waals surface area contributed by atoms with Gasteiger partial charge in [0.05, 0.1) is 22.2 Å². The highest BCUT2D eigenvalue weighted by Gasteiger charge is 2.20. The van der Waals surface area contributed by atoms with Gasteiger partial charge in [-0.3, -0.25) is 0 Å². The lowest BCUT2D eigenvalue weighted by Gasteiger charge is -2.20. The summed E-state index contributed by atoms with van der Waals surface area (Å²) >= 11 is 0. The Balaban J connectivity index is 1.17. The predicted octanol–water partition coefficient (Wildman–Crippen LogP) is 13.5. The smallest absolute Gasteiger partial charge is 0.136 e. The van der Waals surface area contributed by atoms with Crippen molar-refractivity contribution < 1.29 is 4.42 Å². The molecule has 52 heavy (non-hydrogen) atoms. The van der Waals surface area contributed by atoms with E-state index in [4.69, 9.17) is 9.40 Å². The second-order valence-corrected chi connectivity index (χ2v) is 14.8. The second-order valence-electron chi connectivity index (χ2n) is 14.8. The molecule has 3 aromatic heterocycles. The van der Waals surface area contributed by atoms with E-state index in [2.05, 4.69) is 189 Å². The fraction of sp³-hybridized carbons (Fsp3) is 0.0816. The Labute approximate surface area is 302 Å². The number of pyridine rings is 1. The van der Waals surface area contributed by atoms with Crippen molar-refractivity contribution in [1.29, 1.82) is 0 Å². The van der Waals surface area contributed by atoms with E-state index in [1.54, 1.807) is 0 Å². The van der Waals surface area contributed by atoms with Crippen molar-refractivity contribution in [3.05, 3.63) is 169 Å². The maximum absolute atomic E-state index is 6.52. The highest BCUT2D eigenvalue weighted by atomic mass is 16.3. The van der Waals surface area contributed by atoms with Crippen LogP contribution in [0.15, 0.2) is 168 Å². The zero-order valence-electron chi connectivity index (χ0n) is 29.4. The first-order valence-electron chi connectivity index (χ1n) is 18.0. The van der Waals surface area contributed by atoms with E-state index in [-0.39, 0.29) is 5.41 Å². The number of aromatic nitrogens is 2. The standard InChI is InChI=1S/C49H36N2O/c1-49(2,3)34-23-24-36-39(31-13-6-4-7-14-31)30-43(50-42(36)29-34)38-18-12-20-47-48(38)41-28-33(22-26-46(41)52-47)32-21-25-45-40(27-32)37-17-10-11-19-44(37)51(45)35-15-8-5-9-16-35/h4-30H,1-3H3. The van der Waals surface area contributed by atoms with Crippen molar-refractivity contribution in [2.75, 3.05) is 0 Å². The van der Waals surface area contributed by atoms with Crippen LogP contribution in [0.25, 0.3) is 93.8 Å². The van der Waals surface area contributed by atoms with Crippen molar-refractivity contribution >= 4 is 54.6 Å². The van der Waals surface area contributed by atoms with Crippen molar-refractivity contribution in [1.82, 2.24) is 9.55 Å². The molecule has 0 unspecified atom stereocenters. The fourth-order valence-electron chi connectivity index (χ4n) is 7.92. The summed E-state index contributed by atoms with van der Waals surface area (Å²) in [5, 5.41) is 5.80. The topological polar surface area (TPSA) is 31.0 Å². The molecule has 3 heteroatoms. The third kappa shape index (κ3) is 4.85. The number of hydrogen-bond donors (Lipinski definition) is 0. The molecule has 10 aromatic rings. The van der Waals surface area contributed by atoms with E-state index in [1.165, 1.54) is 44.1 Å². The third-order valence-corrected chi connectivity index (χ3v) is 10.6. The Hall–Kier alpha value is -6.45. The number of furan rings is 1. The molecular weight excluding hydrogens is 633 g/mol. The normalized spacial score (nSPS) is 12.1. The van der Waals surface area contributed by atoms with Gasteiger partial charge in [0.15, 0.2) is 0 Å². The summed E-state index contributed by atoms with van der Waals surface area (Å²) in [7, 11) is 0. The molecule has 10 rings (SSSR count). The van der Waals surface area contributed by atoms with E-state index in [0.29, 0.717) is 0 Å². The van der Waals surface area contributed by atoms with Gasteiger partial charge in [-0.25, -0.2) is 4.98 Å². The number of rotatable bonds is 4. The van der Waals surface area contributed by atoms with Crippen LogP contribution in [-0.4, -0.2) is 9.55 Å². The largest absolute Gasteiger partial charge is 0.456 e. The fourth-order valence-corrected chi connectivity index (χ4v) is 7.92. The van der Waals surface area contributed by atoms with Gasteiger partial charge in [0.25, 0.3) is 0 Å². The van der Waals surface area contributed by atoms with Crippen LogP contribution < -0.4 is 0 Å². The van der Waals surface area contributed by atoms with Gasteiger partial charge in [-0.2, -0.15) is 0 Å². The van der Waals surface area contributed by atoms with Crippen LogP contribution in [0, 0.1) is 0 Å². The van der Waals surface area contributed by atoms with E-state index >= 15 is 0 Å². The first kappa shape index (κ1) is 30.4. The van der Waals surface area contributed by atoms with Gasteiger partial charge in [0.2, 0.25) is 0 Å². The molecule has 0 saturated carbocycles. The average Bonchev–Trinajstić information content (AvgIpc) is 3.72. The van der Waals surface area contributed by atoms with Crippen LogP contribution in [0.1, 0.15) is 26.3 Å². The van der Waals surface area contributed by atoms with Crippen molar-refractivity contribution in [3.63, 3.8) is 0 Å². The van der Waals surface area contributed by atoms with E-state index in [0.717, 1.165) is 55.3 Å². The van der Waals surface area contributed by atoms with Gasteiger partial charge >= 0.3 is 0 Å². The molecule has 0 fully saturated rings. The quantitative estimate of drug-likeness (QED) is 0.187. The number of para-hydroxylation sites is 2. The summed E-state index contributed by atoms with van der Waals surface area (Å²) in [4.78, 5) is 5.37. The summed E-state index contributed by atoms with van der Waals surface area (Å²) in [5.41, 5.74) is 14.2. The summed E-state index contributed by atoms with van der Waals surface area (Å²) in [6, 6.07) is 58.7. The Morgan fingerprint density at radius 1 is 0.481 bits per heavy atom. The Bertz CT molecular complexity index is 2980. The molecule has 0 N–H and O–H groups in total. The van der Waals surface area contributed by atoms with Gasteiger partial charge in [-0.15, -0.1) is 0 Å². The molecule has 0 aliphatic rings. The average molecular weight is 669 g/mol. The second kappa shape index (κ2) is 11.5. The van der Waals surface area contributed by atoms with Crippen LogP contribution in [-0.2, 0) is 5.41 Å². The lowest BCUT2D eigenvalue weighted by atomic mass is 9.85. The highest BCUT2D eigenvalue weighted by Crippen LogP contribution is 2.42. The lowest BCUT2D eigenvalue weighted by Crippen LogP contribution is -2.10. The van der Waals surface area contributed by atoms with Crippen molar-refractivity contribution in [3.8, 4) is 39.2 Å². The van der Waals surface area contributed by atoms with Crippen LogP contribution in [0.2, 0.25) is 0 Å². The van der Waals surface area contributed by atoms with Crippen LogP contribution in [0.5, 0.6) is 0 Å². The van der Waals surface area contributed by atoms with E-state index in [9.17, 15) is 0 Å². The minimum Gasteiger partial charge on any atom is -0.456 e. The highest BCUT2D eigenvalue weighted by molar-refractivity contribution is 6.14. The predicted molar refractivity (Wildman–Crippen MR) is 218 cm³/mol. The molecule has 0 radical (unpaired) electrons. The number of nitrogens with zero attached hydrogens (tertiary/aromatic N) is 2. The Morgan fingerprint density at radius 3 is 2.00 bits per heavy atom. The van der Waals surface area contributed by atoms with Gasteiger partial charge in [0.1, 0.15) is 11.2 Å². The van der Waals surface area contributed by atoms with Gasteiger partial charge in [-0.1, -0.05) is 124 Å². The molecule has 3 nitrogen and oxygen atoms in total. The van der Waals surface area contributed by atoms with Crippen LogP contribution in [0.4, 0.5) is 0 Å². The van der Waals surface area contributed by atoms with Crippen molar-refractivity contribution in [2.24, 2.45) is 0 Å². The number of benzene rings is 7. The molecular formula is C49H36N2O. The van der Waals surface area contributed by atoms with Crippen LogP contribution in [0.3, 0.4) is 0 Å². The minimum absolute atomic E-state index is 0.00935. The van der Waals surface area contributed by atoms with Gasteiger partial charge in [0, 0.05) is 38.2 Å². The number of fused-ring (bicyclic) bond motifs is 7. The molecule has 0 aliphatic heterocycles. The lowest BCUT2D eigenvalue weighted by molar-refractivity contribution is 0.591. The van der Waals surface area contributed by atoms with Gasteiger partial charge < -0.3 is 8.98 Å². The summed E-state index contributed by atoms with van der Waals surface area (Å²) in [6.07, 6.45) is 0. The first-order valence-corrected chi connectivity index (χ1v) is 18.0. The molecule has 0 bridgehead atoms. The summed E-state index contributed by atoms with van der Waals surface area (Å²) in [6.45, 7) is 6.77. The Morgan fingerprint density at radius 2 is 1.19 bits per heavy atom. The molecule has 7 aromatic carbocycles. The number of hydrogen-bond acceptors (Lipinski definition) is 2. The molecule has 248 valence electrons. The Kier molecular flexibility index (Phi) is 6.74. The SMILES string of the molecule is CC(C)(C)c1ccc2c(-c3ccccc3)cc(-c3cccc4oc5ccc(-c6ccc7c(c6)c6ccccc6n7-c6ccccc6)cc5c34)nc2c1. The molecule has 0 atom stereocenters. The van der Waals surface area contributed by atoms with Crippen molar-refractivity contribution in [2.45, 2.75) is 26.2 Å². The zero-order valence-corrected chi connectivity index (χ0v) is 29.4. The van der Waals surface area contributed by atoms with Crippen LogP contribution >= 0.6 is 0 Å². The molecule has 0 spiro atoms. The summed E-state index contributed by atoms with van der Waals surface area (Å²) in [5.74, 6) is 0. The maximum atomic E-state index is 6.52. The molecule has 3 heterocycles. The third-order valence-electron chi connectivity index (χ3n) is 10.6. The molecule has 0 saturated heterocycles. The molecule has 0 amide bonds. The monoisotopic (exact) mass is 668 g/mol. The minimum atomic E-state index is 0.00935. The maximum Gasteiger partial charge on any atom is 0.136 e. The zero-order chi connectivity index (χ0) is 35.0. The van der Waals surface area contributed by atoms with Gasteiger partial charge in [-0.05, 0) is 93.9 Å². The molecule has 0 aliphatic carbocycles.